The molecule has 0 aliphatic rings. The molecule has 6 nitrogen and oxygen atoms in total. The summed E-state index contributed by atoms with van der Waals surface area (Å²) in [5.41, 5.74) is 9.07. The number of hydrogen-bond donors (Lipinski definition) is 3. The van der Waals surface area contributed by atoms with Gasteiger partial charge in [-0.15, -0.1) is 0 Å². The molecule has 23 heavy (non-hydrogen) atoms. The normalized spacial score (nSPS) is 12.3. The first-order valence-corrected chi connectivity index (χ1v) is 7.65. The largest absolute Gasteiger partial charge is 0.504 e. The summed E-state index contributed by atoms with van der Waals surface area (Å²) in [5, 5.41) is 23.2. The number of carbonyl (C=O) groups excluding carboxylic acids is 1. The van der Waals surface area contributed by atoms with Gasteiger partial charge in [0.05, 0.1) is 5.69 Å². The lowest BCUT2D eigenvalue weighted by atomic mass is 10.00. The molecule has 0 amide bonds. The number of benzene rings is 1. The smallest absolute Gasteiger partial charge is 0.250 e. The summed E-state index contributed by atoms with van der Waals surface area (Å²) < 4.78 is 1.45. The highest BCUT2D eigenvalue weighted by atomic mass is 16.3. The molecule has 1 atom stereocenters. The molecule has 0 saturated heterocycles. The Morgan fingerprint density at radius 2 is 2.00 bits per heavy atom. The summed E-state index contributed by atoms with van der Waals surface area (Å²) in [7, 11) is 0. The van der Waals surface area contributed by atoms with Crippen molar-refractivity contribution in [2.75, 3.05) is 6.54 Å². The van der Waals surface area contributed by atoms with Gasteiger partial charge < -0.3 is 15.9 Å². The summed E-state index contributed by atoms with van der Waals surface area (Å²) in [6.07, 6.45) is 1.16. The van der Waals surface area contributed by atoms with Crippen LogP contribution in [0.3, 0.4) is 0 Å². The number of nitrogens with zero attached hydrogens (tertiary/aromatic N) is 2. The Kier molecular flexibility index (Phi) is 5.05. The molecule has 0 spiro atoms. The molecule has 0 saturated carbocycles. The monoisotopic (exact) mass is 317 g/mol. The average Bonchev–Trinajstić information content (AvgIpc) is 2.78. The number of aryl methyl sites for hydroxylation is 1. The van der Waals surface area contributed by atoms with E-state index in [2.05, 4.69) is 5.10 Å². The second-order valence-corrected chi connectivity index (χ2v) is 5.87. The molecular weight excluding hydrogens is 294 g/mol. The number of phenolic OH excluding ortho intramolecular Hbond substituents is 2. The Hall–Kier alpha value is -2.34. The standard InChI is InChI=1S/C17H23N3O3/c1-10(8-13-4-5-15(21)16(22)9-13)17(23)20-12(3)14(6-7-18)11(2)19-20/h4-5,9-10,21-22H,6-8,18H2,1-3H3. The van der Waals surface area contributed by atoms with E-state index >= 15 is 0 Å². The minimum atomic E-state index is -0.303. The number of aromatic nitrogens is 2. The van der Waals surface area contributed by atoms with E-state index in [1.165, 1.54) is 16.8 Å². The van der Waals surface area contributed by atoms with E-state index in [0.29, 0.717) is 19.4 Å². The van der Waals surface area contributed by atoms with Gasteiger partial charge in [0.25, 0.3) is 0 Å². The minimum Gasteiger partial charge on any atom is -0.504 e. The summed E-state index contributed by atoms with van der Waals surface area (Å²) in [6.45, 7) is 6.10. The van der Waals surface area contributed by atoms with E-state index in [9.17, 15) is 15.0 Å². The molecule has 0 radical (unpaired) electrons. The average molecular weight is 317 g/mol. The third-order valence-electron chi connectivity index (χ3n) is 4.05. The number of carbonyl (C=O) groups is 1. The fourth-order valence-corrected chi connectivity index (χ4v) is 2.74. The number of rotatable bonds is 5. The Morgan fingerprint density at radius 3 is 2.61 bits per heavy atom. The zero-order valence-corrected chi connectivity index (χ0v) is 13.7. The van der Waals surface area contributed by atoms with Crippen LogP contribution in [0.4, 0.5) is 0 Å². The van der Waals surface area contributed by atoms with Crippen molar-refractivity contribution in [3.05, 3.63) is 40.7 Å². The van der Waals surface area contributed by atoms with E-state index in [-0.39, 0.29) is 23.3 Å². The Morgan fingerprint density at radius 1 is 1.30 bits per heavy atom. The molecule has 0 fully saturated rings. The van der Waals surface area contributed by atoms with E-state index in [1.807, 2.05) is 20.8 Å². The minimum absolute atomic E-state index is 0.0959. The zero-order valence-electron chi connectivity index (χ0n) is 13.7. The van der Waals surface area contributed by atoms with Crippen LogP contribution in [0.25, 0.3) is 0 Å². The maximum Gasteiger partial charge on any atom is 0.250 e. The highest BCUT2D eigenvalue weighted by molar-refractivity contribution is 5.81. The van der Waals surface area contributed by atoms with Gasteiger partial charge in [0, 0.05) is 11.6 Å². The lowest BCUT2D eigenvalue weighted by Crippen LogP contribution is -2.23. The maximum atomic E-state index is 12.6. The number of nitrogens with two attached hydrogens (primary N) is 1. The summed E-state index contributed by atoms with van der Waals surface area (Å²) >= 11 is 0. The van der Waals surface area contributed by atoms with Crippen molar-refractivity contribution in [3.8, 4) is 11.5 Å². The second kappa shape index (κ2) is 6.83. The van der Waals surface area contributed by atoms with Crippen molar-refractivity contribution in [1.29, 1.82) is 0 Å². The van der Waals surface area contributed by atoms with Crippen molar-refractivity contribution in [1.82, 2.24) is 9.78 Å². The highest BCUT2D eigenvalue weighted by Crippen LogP contribution is 2.26. The second-order valence-electron chi connectivity index (χ2n) is 5.87. The van der Waals surface area contributed by atoms with Crippen LogP contribution in [0.5, 0.6) is 11.5 Å². The lowest BCUT2D eigenvalue weighted by molar-refractivity contribution is 0.0824. The summed E-state index contributed by atoms with van der Waals surface area (Å²) in [5.74, 6) is -0.750. The molecule has 124 valence electrons. The first kappa shape index (κ1) is 17.0. The predicted octanol–water partition coefficient (Wildman–Crippen LogP) is 1.93. The molecule has 0 aliphatic heterocycles. The van der Waals surface area contributed by atoms with Gasteiger partial charge in [-0.05, 0) is 56.5 Å². The number of hydrogen-bond acceptors (Lipinski definition) is 5. The molecule has 1 aromatic heterocycles. The Balaban J connectivity index is 2.19. The van der Waals surface area contributed by atoms with Gasteiger partial charge in [-0.3, -0.25) is 4.79 Å². The van der Waals surface area contributed by atoms with E-state index in [0.717, 1.165) is 22.5 Å². The van der Waals surface area contributed by atoms with Gasteiger partial charge in [-0.2, -0.15) is 5.10 Å². The van der Waals surface area contributed by atoms with Gasteiger partial charge in [0.1, 0.15) is 0 Å². The van der Waals surface area contributed by atoms with Crippen molar-refractivity contribution in [3.63, 3.8) is 0 Å². The van der Waals surface area contributed by atoms with Crippen molar-refractivity contribution < 1.29 is 15.0 Å². The van der Waals surface area contributed by atoms with Gasteiger partial charge in [-0.1, -0.05) is 13.0 Å². The molecule has 1 heterocycles. The van der Waals surface area contributed by atoms with Crippen molar-refractivity contribution >= 4 is 5.91 Å². The van der Waals surface area contributed by atoms with Crippen LogP contribution in [0.1, 0.15) is 34.2 Å². The van der Waals surface area contributed by atoms with Crippen LogP contribution in [-0.4, -0.2) is 32.4 Å². The van der Waals surface area contributed by atoms with Gasteiger partial charge in [0.15, 0.2) is 11.5 Å². The Bertz CT molecular complexity index is 722. The molecule has 0 bridgehead atoms. The molecule has 6 heteroatoms. The first-order valence-electron chi connectivity index (χ1n) is 7.65. The molecule has 4 N–H and O–H groups in total. The third kappa shape index (κ3) is 3.53. The molecule has 2 rings (SSSR count). The molecule has 2 aromatic rings. The van der Waals surface area contributed by atoms with Crippen LogP contribution < -0.4 is 5.73 Å². The van der Waals surface area contributed by atoms with Gasteiger partial charge in [0.2, 0.25) is 5.91 Å². The lowest BCUT2D eigenvalue weighted by Gasteiger charge is -2.12. The van der Waals surface area contributed by atoms with Crippen LogP contribution in [0.2, 0.25) is 0 Å². The molecule has 0 aliphatic carbocycles. The summed E-state index contributed by atoms with van der Waals surface area (Å²) in [4.78, 5) is 12.6. The first-order chi connectivity index (χ1) is 10.8. The Labute approximate surface area is 135 Å². The highest BCUT2D eigenvalue weighted by Gasteiger charge is 2.21. The zero-order chi connectivity index (χ0) is 17.1. The quantitative estimate of drug-likeness (QED) is 0.731. The van der Waals surface area contributed by atoms with E-state index < -0.39 is 0 Å². The maximum absolute atomic E-state index is 12.6. The van der Waals surface area contributed by atoms with Gasteiger partial charge in [-0.25, -0.2) is 4.68 Å². The fraction of sp³-hybridized carbons (Fsp3) is 0.412. The summed E-state index contributed by atoms with van der Waals surface area (Å²) in [6, 6.07) is 4.59. The van der Waals surface area contributed by atoms with Crippen molar-refractivity contribution in [2.24, 2.45) is 11.7 Å². The van der Waals surface area contributed by atoms with Crippen LogP contribution >= 0.6 is 0 Å². The van der Waals surface area contributed by atoms with Gasteiger partial charge >= 0.3 is 0 Å². The number of phenols is 2. The third-order valence-corrected chi connectivity index (χ3v) is 4.05. The van der Waals surface area contributed by atoms with Crippen LogP contribution in [0.15, 0.2) is 18.2 Å². The predicted molar refractivity (Wildman–Crippen MR) is 87.7 cm³/mol. The number of aromatic hydroxyl groups is 2. The van der Waals surface area contributed by atoms with Crippen molar-refractivity contribution in [2.45, 2.75) is 33.6 Å². The molecule has 1 unspecified atom stereocenters. The van der Waals surface area contributed by atoms with E-state index in [4.69, 9.17) is 5.73 Å². The van der Waals surface area contributed by atoms with Crippen LogP contribution in [-0.2, 0) is 12.8 Å². The SMILES string of the molecule is Cc1nn(C(=O)C(C)Cc2ccc(O)c(O)c2)c(C)c1CCN. The van der Waals surface area contributed by atoms with Crippen LogP contribution in [0, 0.1) is 19.8 Å². The van der Waals surface area contributed by atoms with E-state index in [1.54, 1.807) is 6.07 Å². The molecular formula is C17H23N3O3. The topological polar surface area (TPSA) is 101 Å². The molecule has 1 aromatic carbocycles. The fourth-order valence-electron chi connectivity index (χ4n) is 2.74.